The van der Waals surface area contributed by atoms with Gasteiger partial charge >= 0.3 is 6.09 Å². The van der Waals surface area contributed by atoms with Gasteiger partial charge in [0.25, 0.3) is 0 Å². The summed E-state index contributed by atoms with van der Waals surface area (Å²) in [6.07, 6.45) is 6.15. The van der Waals surface area contributed by atoms with Gasteiger partial charge in [0.05, 0.1) is 17.3 Å². The molecule has 2 aliphatic rings. The lowest BCUT2D eigenvalue weighted by Gasteiger charge is -2.34. The summed E-state index contributed by atoms with van der Waals surface area (Å²) in [6, 6.07) is 6.73. The lowest BCUT2D eigenvalue weighted by atomic mass is 9.96. The van der Waals surface area contributed by atoms with E-state index in [0.29, 0.717) is 24.4 Å². The Morgan fingerprint density at radius 2 is 1.90 bits per heavy atom. The summed E-state index contributed by atoms with van der Waals surface area (Å²) >= 11 is 0. The maximum atomic E-state index is 12.9. The van der Waals surface area contributed by atoms with E-state index in [1.165, 1.54) is 0 Å². The molecule has 31 heavy (non-hydrogen) atoms. The van der Waals surface area contributed by atoms with Gasteiger partial charge in [0.15, 0.2) is 0 Å². The van der Waals surface area contributed by atoms with Crippen LogP contribution >= 0.6 is 0 Å². The van der Waals surface area contributed by atoms with Crippen molar-refractivity contribution in [3.05, 3.63) is 36.0 Å². The molecular weight excluding hydrogens is 388 g/mol. The molecule has 6 nitrogen and oxygen atoms in total. The third-order valence-corrected chi connectivity index (χ3v) is 6.13. The lowest BCUT2D eigenvalue weighted by Crippen LogP contribution is -2.39. The highest BCUT2D eigenvalue weighted by Gasteiger charge is 2.30. The number of benzene rings is 1. The van der Waals surface area contributed by atoms with Crippen LogP contribution in [0.1, 0.15) is 59.1 Å². The van der Waals surface area contributed by atoms with E-state index in [9.17, 15) is 4.79 Å². The number of fused-ring (bicyclic) bond motifs is 1. The maximum absolute atomic E-state index is 12.9. The number of allylic oxidation sites excluding steroid dienone is 1. The smallest absolute Gasteiger partial charge is 0.414 e. The zero-order chi connectivity index (χ0) is 22.3. The SMILES string of the molecule is CC1CC(n2cc3ccc(C4=CC[C@H](C)CN4C(=O)OC(C)(C)C)cc3n2)CN(C)C1. The molecule has 3 atom stereocenters. The number of amides is 1. The maximum Gasteiger partial charge on any atom is 0.414 e. The van der Waals surface area contributed by atoms with Gasteiger partial charge in [-0.1, -0.05) is 32.1 Å². The Morgan fingerprint density at radius 1 is 1.13 bits per heavy atom. The van der Waals surface area contributed by atoms with Gasteiger partial charge < -0.3 is 9.64 Å². The molecule has 4 rings (SSSR count). The molecule has 0 aliphatic carbocycles. The fourth-order valence-electron chi connectivity index (χ4n) is 4.82. The molecule has 0 radical (unpaired) electrons. The van der Waals surface area contributed by atoms with Crippen molar-refractivity contribution in [3.63, 3.8) is 0 Å². The van der Waals surface area contributed by atoms with Gasteiger partial charge in [0.2, 0.25) is 0 Å². The number of hydrogen-bond acceptors (Lipinski definition) is 4. The van der Waals surface area contributed by atoms with Crippen LogP contribution in [0.15, 0.2) is 30.5 Å². The van der Waals surface area contributed by atoms with Gasteiger partial charge in [0, 0.05) is 36.8 Å². The van der Waals surface area contributed by atoms with E-state index < -0.39 is 5.60 Å². The van der Waals surface area contributed by atoms with Crippen LogP contribution in [0.25, 0.3) is 16.6 Å². The monoisotopic (exact) mass is 424 g/mol. The zero-order valence-corrected chi connectivity index (χ0v) is 19.8. The highest BCUT2D eigenvalue weighted by Crippen LogP contribution is 2.32. The number of hydrogen-bond donors (Lipinski definition) is 0. The lowest BCUT2D eigenvalue weighted by molar-refractivity contribution is 0.0327. The summed E-state index contributed by atoms with van der Waals surface area (Å²) in [4.78, 5) is 17.1. The van der Waals surface area contributed by atoms with Crippen molar-refractivity contribution in [2.75, 3.05) is 26.7 Å². The quantitative estimate of drug-likeness (QED) is 0.668. The van der Waals surface area contributed by atoms with E-state index >= 15 is 0 Å². The van der Waals surface area contributed by atoms with E-state index in [1.807, 2.05) is 20.8 Å². The number of likely N-dealkylation sites (N-methyl/N-ethyl adjacent to an activating group) is 1. The standard InChI is InChI=1S/C25H36N4O2/c1-17-7-10-23(28(14-17)24(30)31-25(3,4)5)19-8-9-20-15-29(26-22(20)12-19)21-11-18(2)13-27(6)16-21/h8-10,12,15,17-18,21H,7,11,13-14,16H2,1-6H3/t17-,18?,21?/m0/s1. The minimum atomic E-state index is -0.518. The highest BCUT2D eigenvalue weighted by atomic mass is 16.6. The van der Waals surface area contributed by atoms with Gasteiger partial charge in [-0.2, -0.15) is 5.10 Å². The van der Waals surface area contributed by atoms with Crippen LogP contribution in [-0.2, 0) is 4.74 Å². The number of nitrogens with zero attached hydrogens (tertiary/aromatic N) is 4. The van der Waals surface area contributed by atoms with Gasteiger partial charge in [-0.05, 0) is 58.6 Å². The van der Waals surface area contributed by atoms with Crippen LogP contribution in [0, 0.1) is 11.8 Å². The normalized spacial score (nSPS) is 25.5. The first kappa shape index (κ1) is 21.9. The van der Waals surface area contributed by atoms with E-state index in [2.05, 4.69) is 60.9 Å². The van der Waals surface area contributed by atoms with Crippen molar-refractivity contribution < 1.29 is 9.53 Å². The van der Waals surface area contributed by atoms with Crippen molar-refractivity contribution in [2.45, 2.75) is 59.1 Å². The van der Waals surface area contributed by atoms with Crippen LogP contribution in [0.4, 0.5) is 4.79 Å². The molecule has 1 aromatic heterocycles. The zero-order valence-electron chi connectivity index (χ0n) is 19.8. The van der Waals surface area contributed by atoms with Crippen molar-refractivity contribution in [1.29, 1.82) is 0 Å². The molecule has 1 fully saturated rings. The molecule has 1 aromatic carbocycles. The number of carbonyl (C=O) groups is 1. The molecule has 0 spiro atoms. The molecule has 1 amide bonds. The molecule has 2 unspecified atom stereocenters. The van der Waals surface area contributed by atoms with Crippen LogP contribution in [0.5, 0.6) is 0 Å². The fraction of sp³-hybridized carbons (Fsp3) is 0.600. The number of rotatable bonds is 2. The predicted molar refractivity (Wildman–Crippen MR) is 125 cm³/mol. The molecular formula is C25H36N4O2. The van der Waals surface area contributed by atoms with Crippen molar-refractivity contribution in [3.8, 4) is 0 Å². The van der Waals surface area contributed by atoms with Crippen LogP contribution < -0.4 is 0 Å². The summed E-state index contributed by atoms with van der Waals surface area (Å²) < 4.78 is 7.83. The van der Waals surface area contributed by atoms with Gasteiger partial charge in [-0.3, -0.25) is 9.58 Å². The second-order valence-electron chi connectivity index (χ2n) is 10.6. The summed E-state index contributed by atoms with van der Waals surface area (Å²) in [5.41, 5.74) is 2.40. The van der Waals surface area contributed by atoms with Gasteiger partial charge in [-0.25, -0.2) is 4.79 Å². The molecule has 2 aromatic rings. The molecule has 0 bridgehead atoms. The van der Waals surface area contributed by atoms with E-state index in [1.54, 1.807) is 4.90 Å². The molecule has 0 saturated carbocycles. The summed E-state index contributed by atoms with van der Waals surface area (Å²) in [5, 5.41) is 6.07. The predicted octanol–water partition coefficient (Wildman–Crippen LogP) is 5.17. The van der Waals surface area contributed by atoms with Crippen molar-refractivity contribution in [1.82, 2.24) is 19.6 Å². The van der Waals surface area contributed by atoms with Gasteiger partial charge in [-0.15, -0.1) is 0 Å². The first-order valence-corrected chi connectivity index (χ1v) is 11.5. The molecule has 1 saturated heterocycles. The summed E-state index contributed by atoms with van der Waals surface area (Å²) in [5.74, 6) is 1.08. The largest absolute Gasteiger partial charge is 0.443 e. The number of likely N-dealkylation sites (tertiary alicyclic amines) is 1. The number of ether oxygens (including phenoxy) is 1. The topological polar surface area (TPSA) is 50.6 Å². The Morgan fingerprint density at radius 3 is 2.61 bits per heavy atom. The van der Waals surface area contributed by atoms with Crippen molar-refractivity contribution >= 4 is 22.7 Å². The molecule has 6 heteroatoms. The Balaban J connectivity index is 1.63. The second kappa shape index (κ2) is 8.30. The van der Waals surface area contributed by atoms with E-state index in [0.717, 1.165) is 48.1 Å². The number of piperidine rings is 1. The first-order chi connectivity index (χ1) is 14.6. The molecule has 2 aliphatic heterocycles. The minimum absolute atomic E-state index is 0.282. The Hall–Kier alpha value is -2.34. The third kappa shape index (κ3) is 4.95. The highest BCUT2D eigenvalue weighted by molar-refractivity contribution is 5.87. The molecule has 3 heterocycles. The van der Waals surface area contributed by atoms with Crippen LogP contribution in [0.3, 0.4) is 0 Å². The minimum Gasteiger partial charge on any atom is -0.443 e. The number of carbonyl (C=O) groups excluding carboxylic acids is 1. The molecule has 168 valence electrons. The third-order valence-electron chi connectivity index (χ3n) is 6.13. The van der Waals surface area contributed by atoms with Crippen LogP contribution in [0.2, 0.25) is 0 Å². The first-order valence-electron chi connectivity index (χ1n) is 11.5. The van der Waals surface area contributed by atoms with E-state index in [-0.39, 0.29) is 6.09 Å². The Kier molecular flexibility index (Phi) is 5.86. The number of aromatic nitrogens is 2. The van der Waals surface area contributed by atoms with Crippen LogP contribution in [-0.4, -0.2) is 58.0 Å². The summed E-state index contributed by atoms with van der Waals surface area (Å²) in [6.45, 7) is 13.0. The van der Waals surface area contributed by atoms with Gasteiger partial charge in [0.1, 0.15) is 5.60 Å². The summed E-state index contributed by atoms with van der Waals surface area (Å²) in [7, 11) is 2.19. The Bertz CT molecular complexity index is 977. The van der Waals surface area contributed by atoms with Crippen molar-refractivity contribution in [2.24, 2.45) is 11.8 Å². The van der Waals surface area contributed by atoms with E-state index in [4.69, 9.17) is 9.84 Å². The average molecular weight is 425 g/mol. The average Bonchev–Trinajstić information content (AvgIpc) is 3.09. The molecule has 0 N–H and O–H groups in total. The second-order valence-corrected chi connectivity index (χ2v) is 10.6. The fourth-order valence-corrected chi connectivity index (χ4v) is 4.82. The Labute approximate surface area is 185 Å².